The van der Waals surface area contributed by atoms with Crippen LogP contribution < -0.4 is 0 Å². The average Bonchev–Trinajstić information content (AvgIpc) is 2.05. The van der Waals surface area contributed by atoms with Crippen molar-refractivity contribution in [3.05, 3.63) is 18.3 Å². The van der Waals surface area contributed by atoms with Crippen molar-refractivity contribution in [1.29, 1.82) is 0 Å². The van der Waals surface area contributed by atoms with E-state index in [1.807, 2.05) is 12.1 Å². The van der Waals surface area contributed by atoms with Gasteiger partial charge in [-0.15, -0.1) is 5.10 Å². The van der Waals surface area contributed by atoms with Crippen molar-refractivity contribution in [2.75, 3.05) is 0 Å². The van der Waals surface area contributed by atoms with E-state index < -0.39 is 0 Å². The first-order chi connectivity index (χ1) is 6.02. The lowest BCUT2D eigenvalue weighted by molar-refractivity contribution is 0.503. The molecule has 1 heterocycles. The third-order valence-electron chi connectivity index (χ3n) is 2.31. The zero-order valence-corrected chi connectivity index (χ0v) is 9.43. The van der Waals surface area contributed by atoms with Crippen LogP contribution >= 0.6 is 11.8 Å². The molecule has 0 aliphatic carbocycles. The van der Waals surface area contributed by atoms with Gasteiger partial charge in [0.15, 0.2) is 0 Å². The zero-order valence-electron chi connectivity index (χ0n) is 8.61. The molecule has 0 amide bonds. The Labute approximate surface area is 84.2 Å². The molecule has 0 bridgehead atoms. The second kappa shape index (κ2) is 4.09. The second-order valence-corrected chi connectivity index (χ2v) is 5.60. The highest BCUT2D eigenvalue weighted by molar-refractivity contribution is 8.00. The minimum Gasteiger partial charge on any atom is -0.158 e. The van der Waals surface area contributed by atoms with Crippen molar-refractivity contribution in [2.24, 2.45) is 5.92 Å². The molecule has 1 rings (SSSR count). The number of hydrogen-bond acceptors (Lipinski definition) is 3. The maximum Gasteiger partial charge on any atom is 0.119 e. The van der Waals surface area contributed by atoms with E-state index in [1.165, 1.54) is 0 Å². The summed E-state index contributed by atoms with van der Waals surface area (Å²) in [5.41, 5.74) is 0. The molecule has 1 aromatic heterocycles. The van der Waals surface area contributed by atoms with E-state index in [2.05, 4.69) is 37.9 Å². The molecule has 0 aliphatic rings. The molecule has 3 heteroatoms. The minimum absolute atomic E-state index is 0.218. The standard InChI is InChI=1S/C10H16N2S/c1-8(2)10(3,4)13-9-6-5-7-11-12-9/h5-8H,1-4H3. The Morgan fingerprint density at radius 3 is 2.54 bits per heavy atom. The first kappa shape index (κ1) is 10.5. The van der Waals surface area contributed by atoms with E-state index in [9.17, 15) is 0 Å². The fourth-order valence-electron chi connectivity index (χ4n) is 0.729. The Balaban J connectivity index is 2.69. The molecule has 0 aliphatic heterocycles. The summed E-state index contributed by atoms with van der Waals surface area (Å²) in [6.45, 7) is 8.92. The Morgan fingerprint density at radius 2 is 2.08 bits per heavy atom. The van der Waals surface area contributed by atoms with E-state index in [0.717, 1.165) is 5.03 Å². The van der Waals surface area contributed by atoms with Gasteiger partial charge in [0.25, 0.3) is 0 Å². The highest BCUT2D eigenvalue weighted by Crippen LogP contribution is 2.36. The molecule has 0 N–H and O–H groups in total. The summed E-state index contributed by atoms with van der Waals surface area (Å²) in [6.07, 6.45) is 1.70. The Hall–Kier alpha value is -0.570. The molecule has 0 spiro atoms. The maximum atomic E-state index is 4.06. The predicted octanol–water partition coefficient (Wildman–Crippen LogP) is 3.00. The third kappa shape index (κ3) is 2.99. The molecular formula is C10H16N2S. The summed E-state index contributed by atoms with van der Waals surface area (Å²) in [5.74, 6) is 0.625. The summed E-state index contributed by atoms with van der Waals surface area (Å²) in [6, 6.07) is 3.92. The molecule has 0 saturated carbocycles. The molecule has 2 nitrogen and oxygen atoms in total. The van der Waals surface area contributed by atoms with Gasteiger partial charge in [-0.3, -0.25) is 0 Å². The van der Waals surface area contributed by atoms with Crippen LogP contribution in [0.5, 0.6) is 0 Å². The summed E-state index contributed by atoms with van der Waals surface area (Å²) >= 11 is 1.78. The van der Waals surface area contributed by atoms with Crippen LogP contribution in [0.15, 0.2) is 23.4 Å². The molecule has 13 heavy (non-hydrogen) atoms. The minimum atomic E-state index is 0.218. The molecule has 0 atom stereocenters. The summed E-state index contributed by atoms with van der Waals surface area (Å²) in [7, 11) is 0. The Bertz CT molecular complexity index is 257. The highest BCUT2D eigenvalue weighted by Gasteiger charge is 2.24. The van der Waals surface area contributed by atoms with Gasteiger partial charge in [-0.25, -0.2) is 0 Å². The van der Waals surface area contributed by atoms with E-state index in [4.69, 9.17) is 0 Å². The normalized spacial score (nSPS) is 12.1. The van der Waals surface area contributed by atoms with Crippen LogP contribution in [0.3, 0.4) is 0 Å². The van der Waals surface area contributed by atoms with Gasteiger partial charge < -0.3 is 0 Å². The lowest BCUT2D eigenvalue weighted by atomic mass is 10.00. The van der Waals surface area contributed by atoms with Crippen LogP contribution in [0.2, 0.25) is 0 Å². The topological polar surface area (TPSA) is 25.8 Å². The van der Waals surface area contributed by atoms with Crippen LogP contribution in [-0.2, 0) is 0 Å². The van der Waals surface area contributed by atoms with Crippen LogP contribution in [-0.4, -0.2) is 14.9 Å². The van der Waals surface area contributed by atoms with Gasteiger partial charge >= 0.3 is 0 Å². The molecular weight excluding hydrogens is 180 g/mol. The van der Waals surface area contributed by atoms with Crippen molar-refractivity contribution in [1.82, 2.24) is 10.2 Å². The van der Waals surface area contributed by atoms with Crippen LogP contribution in [0.1, 0.15) is 27.7 Å². The number of thioether (sulfide) groups is 1. The van der Waals surface area contributed by atoms with Crippen molar-refractivity contribution in [2.45, 2.75) is 37.5 Å². The smallest absolute Gasteiger partial charge is 0.119 e. The van der Waals surface area contributed by atoms with Gasteiger partial charge in [0, 0.05) is 10.9 Å². The van der Waals surface area contributed by atoms with Gasteiger partial charge in [-0.2, -0.15) is 5.10 Å². The quantitative estimate of drug-likeness (QED) is 0.695. The SMILES string of the molecule is CC(C)C(C)(C)Sc1cccnn1. The summed E-state index contributed by atoms with van der Waals surface area (Å²) in [5, 5.41) is 8.92. The molecule has 0 radical (unpaired) electrons. The molecule has 72 valence electrons. The number of rotatable bonds is 3. The van der Waals surface area contributed by atoms with Gasteiger partial charge in [0.2, 0.25) is 0 Å². The maximum absolute atomic E-state index is 4.06. The number of hydrogen-bond donors (Lipinski definition) is 0. The fraction of sp³-hybridized carbons (Fsp3) is 0.600. The summed E-state index contributed by atoms with van der Waals surface area (Å²) < 4.78 is 0.218. The van der Waals surface area contributed by atoms with E-state index in [-0.39, 0.29) is 4.75 Å². The molecule has 0 unspecified atom stereocenters. The van der Waals surface area contributed by atoms with Crippen molar-refractivity contribution in [3.63, 3.8) is 0 Å². The van der Waals surface area contributed by atoms with Gasteiger partial charge in [-0.05, 0) is 18.1 Å². The van der Waals surface area contributed by atoms with Crippen LogP contribution in [0.25, 0.3) is 0 Å². The predicted molar refractivity (Wildman–Crippen MR) is 56.8 cm³/mol. The summed E-state index contributed by atoms with van der Waals surface area (Å²) in [4.78, 5) is 0. The molecule has 0 fully saturated rings. The largest absolute Gasteiger partial charge is 0.158 e. The Kier molecular flexibility index (Phi) is 3.31. The van der Waals surface area contributed by atoms with E-state index in [1.54, 1.807) is 18.0 Å². The molecule has 0 saturated heterocycles. The third-order valence-corrected chi connectivity index (χ3v) is 3.73. The van der Waals surface area contributed by atoms with Crippen LogP contribution in [0.4, 0.5) is 0 Å². The fourth-order valence-corrected chi connectivity index (χ4v) is 1.74. The molecule has 0 aromatic carbocycles. The van der Waals surface area contributed by atoms with Crippen molar-refractivity contribution < 1.29 is 0 Å². The average molecular weight is 196 g/mol. The first-order valence-corrected chi connectivity index (χ1v) is 5.31. The van der Waals surface area contributed by atoms with Gasteiger partial charge in [0.1, 0.15) is 5.03 Å². The second-order valence-electron chi connectivity index (χ2n) is 3.92. The first-order valence-electron chi connectivity index (χ1n) is 4.49. The van der Waals surface area contributed by atoms with E-state index in [0.29, 0.717) is 5.92 Å². The van der Waals surface area contributed by atoms with Crippen LogP contribution in [0, 0.1) is 5.92 Å². The molecule has 1 aromatic rings. The number of nitrogens with zero attached hydrogens (tertiary/aromatic N) is 2. The van der Waals surface area contributed by atoms with Gasteiger partial charge in [0.05, 0.1) is 0 Å². The van der Waals surface area contributed by atoms with Gasteiger partial charge in [-0.1, -0.05) is 39.5 Å². The number of aromatic nitrogens is 2. The van der Waals surface area contributed by atoms with Crippen molar-refractivity contribution in [3.8, 4) is 0 Å². The lowest BCUT2D eigenvalue weighted by Crippen LogP contribution is -2.22. The lowest BCUT2D eigenvalue weighted by Gasteiger charge is -2.27. The van der Waals surface area contributed by atoms with E-state index >= 15 is 0 Å². The highest BCUT2D eigenvalue weighted by atomic mass is 32.2. The van der Waals surface area contributed by atoms with Crippen molar-refractivity contribution >= 4 is 11.8 Å². The zero-order chi connectivity index (χ0) is 9.90. The Morgan fingerprint density at radius 1 is 1.38 bits per heavy atom. The monoisotopic (exact) mass is 196 g/mol.